The minimum atomic E-state index is -0.866. The number of anilines is 2. The number of aryl methyl sites for hydroxylation is 1. The molecule has 1 aromatic heterocycles. The fraction of sp³-hybridized carbons (Fsp3) is 0.516. The first-order chi connectivity index (χ1) is 19.4. The average molecular weight is 545 g/mol. The van der Waals surface area contributed by atoms with Gasteiger partial charge in [-0.05, 0) is 69.6 Å². The standard InChI is InChI=1S/C31H40N6O3/c1-21-7-4-8-22-9-5-11-27(28(21)22)37-18-14-25-26(19-37)32-30(40-20-24-10-6-15-34(24)2)33-29(25)36-16-12-23(13-17-36)35(3)31(38)39/h4-5,7-9,11,23-24H,6,10,12-20H2,1-3H3,(H,38,39). The maximum atomic E-state index is 11.5. The Bertz CT molecular complexity index is 1380. The summed E-state index contributed by atoms with van der Waals surface area (Å²) < 4.78 is 6.28. The number of likely N-dealkylation sites (tertiary alicyclic amines) is 1. The van der Waals surface area contributed by atoms with Gasteiger partial charge in [0.05, 0.1) is 12.2 Å². The van der Waals surface area contributed by atoms with Crippen LogP contribution in [0.25, 0.3) is 10.8 Å². The second kappa shape index (κ2) is 11.1. The monoisotopic (exact) mass is 544 g/mol. The highest BCUT2D eigenvalue weighted by Gasteiger charge is 2.31. The van der Waals surface area contributed by atoms with Crippen LogP contribution in [-0.4, -0.2) is 89.9 Å². The lowest BCUT2D eigenvalue weighted by atomic mass is 9.99. The summed E-state index contributed by atoms with van der Waals surface area (Å²) >= 11 is 0. The summed E-state index contributed by atoms with van der Waals surface area (Å²) in [5, 5.41) is 12.0. The van der Waals surface area contributed by atoms with Gasteiger partial charge in [0, 0.05) is 55.4 Å². The largest absolute Gasteiger partial charge is 0.465 e. The molecule has 2 aromatic carbocycles. The van der Waals surface area contributed by atoms with Crippen molar-refractivity contribution in [2.24, 2.45) is 0 Å². The van der Waals surface area contributed by atoms with Crippen molar-refractivity contribution in [3.63, 3.8) is 0 Å². The van der Waals surface area contributed by atoms with E-state index < -0.39 is 6.09 Å². The summed E-state index contributed by atoms with van der Waals surface area (Å²) in [7, 11) is 3.83. The minimum absolute atomic E-state index is 0.0325. The predicted molar refractivity (Wildman–Crippen MR) is 158 cm³/mol. The molecule has 0 spiro atoms. The number of likely N-dealkylation sites (N-methyl/N-ethyl adjacent to an activating group) is 1. The second-order valence-electron chi connectivity index (χ2n) is 11.6. The first kappa shape index (κ1) is 26.6. The Morgan fingerprint density at radius 2 is 1.82 bits per heavy atom. The van der Waals surface area contributed by atoms with Gasteiger partial charge in [-0.2, -0.15) is 9.97 Å². The van der Waals surface area contributed by atoms with Gasteiger partial charge in [-0.3, -0.25) is 0 Å². The fourth-order valence-corrected chi connectivity index (χ4v) is 6.67. The van der Waals surface area contributed by atoms with Crippen molar-refractivity contribution in [2.75, 3.05) is 56.7 Å². The predicted octanol–water partition coefficient (Wildman–Crippen LogP) is 4.55. The van der Waals surface area contributed by atoms with Gasteiger partial charge < -0.3 is 29.4 Å². The molecule has 0 aliphatic carbocycles. The lowest BCUT2D eigenvalue weighted by Gasteiger charge is -2.38. The summed E-state index contributed by atoms with van der Waals surface area (Å²) in [5.74, 6) is 0.963. The van der Waals surface area contributed by atoms with E-state index in [2.05, 4.69) is 65.1 Å². The molecule has 9 nitrogen and oxygen atoms in total. The quantitative estimate of drug-likeness (QED) is 0.484. The second-order valence-corrected chi connectivity index (χ2v) is 11.6. The molecule has 1 unspecified atom stereocenters. The minimum Gasteiger partial charge on any atom is -0.465 e. The van der Waals surface area contributed by atoms with E-state index in [1.165, 1.54) is 38.9 Å². The third kappa shape index (κ3) is 5.14. The van der Waals surface area contributed by atoms with Gasteiger partial charge >= 0.3 is 12.1 Å². The van der Waals surface area contributed by atoms with Crippen molar-refractivity contribution in [2.45, 2.75) is 57.7 Å². The van der Waals surface area contributed by atoms with E-state index in [1.54, 1.807) is 7.05 Å². The van der Waals surface area contributed by atoms with Crippen LogP contribution in [0.4, 0.5) is 16.3 Å². The third-order valence-corrected chi connectivity index (χ3v) is 9.14. The number of hydrogen-bond acceptors (Lipinski definition) is 7. The molecule has 40 heavy (non-hydrogen) atoms. The van der Waals surface area contributed by atoms with Crippen LogP contribution in [0.1, 0.15) is 42.5 Å². The number of benzene rings is 2. The Hall–Kier alpha value is -3.59. The van der Waals surface area contributed by atoms with E-state index in [1.807, 2.05) is 0 Å². The highest BCUT2D eigenvalue weighted by atomic mass is 16.5. The lowest BCUT2D eigenvalue weighted by Crippen LogP contribution is -2.46. The van der Waals surface area contributed by atoms with Gasteiger partial charge in [0.15, 0.2) is 0 Å². The molecule has 1 N–H and O–H groups in total. The number of rotatable bonds is 6. The topological polar surface area (TPSA) is 85.3 Å². The van der Waals surface area contributed by atoms with Crippen LogP contribution in [0, 0.1) is 6.92 Å². The maximum Gasteiger partial charge on any atom is 0.407 e. The van der Waals surface area contributed by atoms with Crippen LogP contribution in [0.5, 0.6) is 6.01 Å². The molecule has 0 radical (unpaired) electrons. The van der Waals surface area contributed by atoms with Crippen molar-refractivity contribution in [3.05, 3.63) is 53.2 Å². The van der Waals surface area contributed by atoms with E-state index in [0.29, 0.717) is 25.2 Å². The molecule has 3 aromatic rings. The number of amides is 1. The van der Waals surface area contributed by atoms with E-state index in [9.17, 15) is 9.90 Å². The van der Waals surface area contributed by atoms with Crippen molar-refractivity contribution < 1.29 is 14.6 Å². The molecule has 0 bridgehead atoms. The summed E-state index contributed by atoms with van der Waals surface area (Å²) in [4.78, 5) is 30.1. The number of piperidine rings is 1. The smallest absolute Gasteiger partial charge is 0.407 e. The zero-order valence-corrected chi connectivity index (χ0v) is 23.8. The molecule has 3 aliphatic heterocycles. The number of ether oxygens (including phenoxy) is 1. The molecule has 1 atom stereocenters. The van der Waals surface area contributed by atoms with Gasteiger partial charge in [-0.1, -0.05) is 30.3 Å². The van der Waals surface area contributed by atoms with Crippen molar-refractivity contribution in [1.29, 1.82) is 0 Å². The molecule has 0 saturated carbocycles. The summed E-state index contributed by atoms with van der Waals surface area (Å²) in [6.45, 7) is 7.00. The zero-order chi connectivity index (χ0) is 27.8. The molecule has 2 fully saturated rings. The first-order valence-electron chi connectivity index (χ1n) is 14.6. The van der Waals surface area contributed by atoms with Gasteiger partial charge in [0.25, 0.3) is 0 Å². The van der Waals surface area contributed by atoms with E-state index >= 15 is 0 Å². The fourth-order valence-electron chi connectivity index (χ4n) is 6.67. The Kier molecular flexibility index (Phi) is 7.40. The zero-order valence-electron chi connectivity index (χ0n) is 23.8. The molecule has 2 saturated heterocycles. The summed E-state index contributed by atoms with van der Waals surface area (Å²) in [6.07, 6.45) is 3.88. The van der Waals surface area contributed by atoms with Crippen LogP contribution in [0.3, 0.4) is 0 Å². The molecule has 1 amide bonds. The number of fused-ring (bicyclic) bond motifs is 2. The van der Waals surface area contributed by atoms with E-state index in [0.717, 1.165) is 63.4 Å². The van der Waals surface area contributed by atoms with Crippen LogP contribution < -0.4 is 14.5 Å². The number of hydrogen-bond donors (Lipinski definition) is 1. The van der Waals surface area contributed by atoms with Crippen molar-refractivity contribution in [1.82, 2.24) is 19.8 Å². The van der Waals surface area contributed by atoms with Gasteiger partial charge in [-0.15, -0.1) is 0 Å². The highest BCUT2D eigenvalue weighted by Crippen LogP contribution is 2.36. The van der Waals surface area contributed by atoms with Crippen molar-refractivity contribution in [3.8, 4) is 6.01 Å². The summed E-state index contributed by atoms with van der Waals surface area (Å²) in [6, 6.07) is 13.9. The molecule has 212 valence electrons. The Balaban J connectivity index is 1.30. The van der Waals surface area contributed by atoms with Gasteiger partial charge in [0.2, 0.25) is 0 Å². The van der Waals surface area contributed by atoms with Crippen LogP contribution in [0.15, 0.2) is 36.4 Å². The third-order valence-electron chi connectivity index (χ3n) is 9.14. The molecule has 9 heteroatoms. The van der Waals surface area contributed by atoms with Gasteiger partial charge in [0.1, 0.15) is 12.4 Å². The van der Waals surface area contributed by atoms with Crippen LogP contribution in [0.2, 0.25) is 0 Å². The Labute approximate surface area is 236 Å². The maximum absolute atomic E-state index is 11.5. The number of carbonyl (C=O) groups is 1. The molecular formula is C31H40N6O3. The first-order valence-corrected chi connectivity index (χ1v) is 14.6. The molecule has 6 rings (SSSR count). The highest BCUT2D eigenvalue weighted by molar-refractivity contribution is 5.97. The summed E-state index contributed by atoms with van der Waals surface area (Å²) in [5.41, 5.74) is 4.75. The molecule has 4 heterocycles. The van der Waals surface area contributed by atoms with Crippen molar-refractivity contribution >= 4 is 28.4 Å². The SMILES string of the molecule is Cc1cccc2cccc(N3CCc4c(nc(OCC5CCCN5C)nc4N4CCC(N(C)C(=O)O)CC4)C3)c12. The Morgan fingerprint density at radius 3 is 2.55 bits per heavy atom. The number of aromatic nitrogens is 2. The molecular weight excluding hydrogens is 504 g/mol. The van der Waals surface area contributed by atoms with Gasteiger partial charge in [-0.25, -0.2) is 4.79 Å². The van der Waals surface area contributed by atoms with E-state index in [-0.39, 0.29) is 6.04 Å². The lowest BCUT2D eigenvalue weighted by molar-refractivity contribution is 0.131. The van der Waals surface area contributed by atoms with Crippen LogP contribution >= 0.6 is 0 Å². The average Bonchev–Trinajstić information content (AvgIpc) is 3.39. The normalized spacial score (nSPS) is 20.1. The number of carboxylic acid groups (broad SMARTS) is 1. The number of nitrogens with zero attached hydrogens (tertiary/aromatic N) is 6. The Morgan fingerprint density at radius 1 is 1.05 bits per heavy atom. The van der Waals surface area contributed by atoms with Crippen LogP contribution in [-0.2, 0) is 13.0 Å². The molecule has 3 aliphatic rings. The van der Waals surface area contributed by atoms with E-state index in [4.69, 9.17) is 14.7 Å².